The molecule has 0 saturated heterocycles. The number of hydrogen-bond donors (Lipinski definition) is 1. The molecule has 9 heteroatoms. The monoisotopic (exact) mass is 394 g/mol. The second-order valence-electron chi connectivity index (χ2n) is 5.77. The highest BCUT2D eigenvalue weighted by atomic mass is 32.2. The predicted molar refractivity (Wildman–Crippen MR) is 99.6 cm³/mol. The number of halogens is 1. The third kappa shape index (κ3) is 5.04. The maximum atomic E-state index is 13.5. The number of esters is 1. The molecule has 0 aliphatic rings. The molecule has 144 valence electrons. The third-order valence-corrected chi connectivity index (χ3v) is 4.97. The molecule has 2 rings (SSSR count). The Morgan fingerprint density at radius 1 is 1.15 bits per heavy atom. The lowest BCUT2D eigenvalue weighted by Gasteiger charge is -2.28. The van der Waals surface area contributed by atoms with Crippen LogP contribution in [0, 0.1) is 5.82 Å². The van der Waals surface area contributed by atoms with Crippen molar-refractivity contribution in [1.29, 1.82) is 0 Å². The molecular weight excluding hydrogens is 375 g/mol. The highest BCUT2D eigenvalue weighted by Gasteiger charge is 2.29. The minimum atomic E-state index is -3.85. The first-order valence-electron chi connectivity index (χ1n) is 7.87. The first kappa shape index (κ1) is 20.4. The third-order valence-electron chi connectivity index (χ3n) is 3.72. The van der Waals surface area contributed by atoms with Crippen LogP contribution in [0.15, 0.2) is 48.5 Å². The molecule has 0 aromatic heterocycles. The van der Waals surface area contributed by atoms with Gasteiger partial charge in [-0.1, -0.05) is 6.07 Å². The van der Waals surface area contributed by atoms with Crippen molar-refractivity contribution in [2.24, 2.45) is 0 Å². The summed E-state index contributed by atoms with van der Waals surface area (Å²) < 4.78 is 43.3. The zero-order valence-electron chi connectivity index (χ0n) is 15.0. The van der Waals surface area contributed by atoms with Gasteiger partial charge in [0.2, 0.25) is 15.9 Å². The van der Waals surface area contributed by atoms with Gasteiger partial charge in [0.05, 0.1) is 24.6 Å². The SMILES string of the molecule is COC(=O)c1ccc(NC(=O)C(C)N(c2cccc(F)c2)S(C)(=O)=O)cc1. The molecule has 0 bridgehead atoms. The van der Waals surface area contributed by atoms with Gasteiger partial charge in [0, 0.05) is 5.69 Å². The Labute approximate surface area is 156 Å². The summed E-state index contributed by atoms with van der Waals surface area (Å²) in [7, 11) is -2.59. The molecule has 0 saturated carbocycles. The van der Waals surface area contributed by atoms with Gasteiger partial charge in [0.25, 0.3) is 0 Å². The number of anilines is 2. The highest BCUT2D eigenvalue weighted by Crippen LogP contribution is 2.22. The maximum absolute atomic E-state index is 13.5. The van der Waals surface area contributed by atoms with Crippen molar-refractivity contribution in [3.8, 4) is 0 Å². The number of carbonyl (C=O) groups excluding carboxylic acids is 2. The molecule has 2 aromatic rings. The molecule has 0 aliphatic heterocycles. The molecule has 0 aliphatic carbocycles. The second-order valence-corrected chi connectivity index (χ2v) is 7.63. The zero-order valence-corrected chi connectivity index (χ0v) is 15.8. The molecule has 0 fully saturated rings. The Morgan fingerprint density at radius 3 is 2.30 bits per heavy atom. The molecule has 0 spiro atoms. The van der Waals surface area contributed by atoms with Gasteiger partial charge < -0.3 is 10.1 Å². The van der Waals surface area contributed by atoms with Crippen LogP contribution in [-0.2, 0) is 19.6 Å². The normalized spacial score (nSPS) is 12.1. The number of hydrogen-bond acceptors (Lipinski definition) is 5. The van der Waals surface area contributed by atoms with E-state index in [-0.39, 0.29) is 5.69 Å². The molecule has 1 N–H and O–H groups in total. The number of nitrogens with zero attached hydrogens (tertiary/aromatic N) is 1. The van der Waals surface area contributed by atoms with E-state index in [0.29, 0.717) is 11.3 Å². The van der Waals surface area contributed by atoms with Crippen LogP contribution in [0.25, 0.3) is 0 Å². The lowest BCUT2D eigenvalue weighted by atomic mass is 10.2. The summed E-state index contributed by atoms with van der Waals surface area (Å²) >= 11 is 0. The van der Waals surface area contributed by atoms with Crippen molar-refractivity contribution in [3.63, 3.8) is 0 Å². The summed E-state index contributed by atoms with van der Waals surface area (Å²) in [6.07, 6.45) is 0.937. The fraction of sp³-hybridized carbons (Fsp3) is 0.222. The number of benzene rings is 2. The van der Waals surface area contributed by atoms with Crippen LogP contribution in [0.4, 0.5) is 15.8 Å². The minimum absolute atomic E-state index is 0.0428. The average molecular weight is 394 g/mol. The van der Waals surface area contributed by atoms with E-state index in [1.807, 2.05) is 0 Å². The number of sulfonamides is 1. The molecule has 7 nitrogen and oxygen atoms in total. The van der Waals surface area contributed by atoms with Gasteiger partial charge in [0.1, 0.15) is 11.9 Å². The lowest BCUT2D eigenvalue weighted by molar-refractivity contribution is -0.116. The molecular formula is C18H19FN2O5S. The largest absolute Gasteiger partial charge is 0.465 e. The Morgan fingerprint density at radius 2 is 1.78 bits per heavy atom. The average Bonchev–Trinajstić information content (AvgIpc) is 2.60. The molecule has 1 unspecified atom stereocenters. The summed E-state index contributed by atoms with van der Waals surface area (Å²) in [5.74, 6) is -1.75. The van der Waals surface area contributed by atoms with E-state index in [4.69, 9.17) is 0 Å². The van der Waals surface area contributed by atoms with E-state index < -0.39 is 33.8 Å². The summed E-state index contributed by atoms with van der Waals surface area (Å²) in [5, 5.41) is 2.57. The second kappa shape index (κ2) is 8.17. The van der Waals surface area contributed by atoms with Crippen molar-refractivity contribution in [3.05, 3.63) is 59.9 Å². The first-order chi connectivity index (χ1) is 12.6. The number of nitrogens with one attached hydrogen (secondary N) is 1. The van der Waals surface area contributed by atoms with E-state index in [2.05, 4.69) is 10.1 Å². The summed E-state index contributed by atoms with van der Waals surface area (Å²) in [5.41, 5.74) is 0.717. The van der Waals surface area contributed by atoms with Crippen LogP contribution in [0.1, 0.15) is 17.3 Å². The van der Waals surface area contributed by atoms with E-state index in [1.54, 1.807) is 0 Å². The Bertz CT molecular complexity index is 944. The van der Waals surface area contributed by atoms with Crippen molar-refractivity contribution >= 4 is 33.3 Å². The number of methoxy groups -OCH3 is 1. The predicted octanol–water partition coefficient (Wildman–Crippen LogP) is 2.41. The van der Waals surface area contributed by atoms with Crippen LogP contribution in [0.5, 0.6) is 0 Å². The Balaban J connectivity index is 2.24. The van der Waals surface area contributed by atoms with E-state index in [0.717, 1.165) is 16.6 Å². The molecule has 0 heterocycles. The molecule has 1 atom stereocenters. The van der Waals surface area contributed by atoms with Crippen LogP contribution < -0.4 is 9.62 Å². The fourth-order valence-corrected chi connectivity index (χ4v) is 3.64. The van der Waals surface area contributed by atoms with Crippen LogP contribution in [-0.4, -0.2) is 39.7 Å². The number of amides is 1. The van der Waals surface area contributed by atoms with Gasteiger partial charge in [-0.25, -0.2) is 17.6 Å². The minimum Gasteiger partial charge on any atom is -0.465 e. The Kier molecular flexibility index (Phi) is 6.17. The molecule has 2 aromatic carbocycles. The number of rotatable bonds is 6. The maximum Gasteiger partial charge on any atom is 0.337 e. The quantitative estimate of drug-likeness (QED) is 0.760. The van der Waals surface area contributed by atoms with Crippen molar-refractivity contribution < 1.29 is 27.1 Å². The van der Waals surface area contributed by atoms with Crippen molar-refractivity contribution in [1.82, 2.24) is 0 Å². The van der Waals surface area contributed by atoms with Gasteiger partial charge >= 0.3 is 5.97 Å². The molecule has 0 radical (unpaired) electrons. The van der Waals surface area contributed by atoms with E-state index in [9.17, 15) is 22.4 Å². The molecule has 1 amide bonds. The smallest absolute Gasteiger partial charge is 0.337 e. The van der Waals surface area contributed by atoms with Gasteiger partial charge in [0.15, 0.2) is 0 Å². The number of carbonyl (C=O) groups is 2. The fourth-order valence-electron chi connectivity index (χ4n) is 2.48. The summed E-state index contributed by atoms with van der Waals surface area (Å²) in [4.78, 5) is 24.0. The van der Waals surface area contributed by atoms with Gasteiger partial charge in [-0.05, 0) is 49.4 Å². The Hall–Kier alpha value is -2.94. The topological polar surface area (TPSA) is 92.8 Å². The summed E-state index contributed by atoms with van der Waals surface area (Å²) in [6, 6.07) is 9.75. The standard InChI is InChI=1S/C18H19FN2O5S/c1-12(21(27(3,24)25)16-6-4-5-14(19)11-16)17(22)20-15-9-7-13(8-10-15)18(23)26-2/h4-12H,1-3H3,(H,20,22). The van der Waals surface area contributed by atoms with E-state index >= 15 is 0 Å². The first-order valence-corrected chi connectivity index (χ1v) is 9.72. The molecule has 27 heavy (non-hydrogen) atoms. The van der Waals surface area contributed by atoms with Gasteiger partial charge in [-0.3, -0.25) is 9.10 Å². The zero-order chi connectivity index (χ0) is 20.2. The van der Waals surface area contributed by atoms with Crippen LogP contribution >= 0.6 is 0 Å². The van der Waals surface area contributed by atoms with Crippen LogP contribution in [0.2, 0.25) is 0 Å². The van der Waals surface area contributed by atoms with Crippen molar-refractivity contribution in [2.75, 3.05) is 23.0 Å². The highest BCUT2D eigenvalue weighted by molar-refractivity contribution is 7.92. The lowest BCUT2D eigenvalue weighted by Crippen LogP contribution is -2.45. The summed E-state index contributed by atoms with van der Waals surface area (Å²) in [6.45, 7) is 1.39. The van der Waals surface area contributed by atoms with Crippen molar-refractivity contribution in [2.45, 2.75) is 13.0 Å². The van der Waals surface area contributed by atoms with Crippen LogP contribution in [0.3, 0.4) is 0 Å². The van der Waals surface area contributed by atoms with Gasteiger partial charge in [-0.2, -0.15) is 0 Å². The van der Waals surface area contributed by atoms with Gasteiger partial charge in [-0.15, -0.1) is 0 Å². The van der Waals surface area contributed by atoms with E-state index in [1.165, 1.54) is 56.5 Å². The number of ether oxygens (including phenoxy) is 1.